The van der Waals surface area contributed by atoms with Crippen molar-refractivity contribution in [2.24, 2.45) is 11.8 Å². The molecule has 1 aliphatic carbocycles. The summed E-state index contributed by atoms with van der Waals surface area (Å²) in [5, 5.41) is 10.1. The molecular weight excluding hydrogens is 328 g/mol. The van der Waals surface area contributed by atoms with Gasteiger partial charge in [-0.2, -0.15) is 5.10 Å². The molecule has 3 rings (SSSR count). The Morgan fingerprint density at radius 3 is 2.75 bits per heavy atom. The summed E-state index contributed by atoms with van der Waals surface area (Å²) >= 11 is 0. The van der Waals surface area contributed by atoms with Crippen molar-refractivity contribution in [2.75, 3.05) is 31.6 Å². The van der Waals surface area contributed by atoms with Crippen molar-refractivity contribution in [3.8, 4) is 0 Å². The highest BCUT2D eigenvalue weighted by molar-refractivity contribution is 7.90. The zero-order valence-electron chi connectivity index (χ0n) is 14.3. The van der Waals surface area contributed by atoms with Crippen molar-refractivity contribution in [1.29, 1.82) is 0 Å². The van der Waals surface area contributed by atoms with E-state index in [1.807, 2.05) is 6.92 Å². The van der Waals surface area contributed by atoms with E-state index in [1.165, 1.54) is 19.1 Å². The molecule has 2 aliphatic rings. The molecule has 0 radical (unpaired) electrons. The molecule has 0 bridgehead atoms. The van der Waals surface area contributed by atoms with E-state index >= 15 is 0 Å². The number of sulfone groups is 1. The number of rotatable bonds is 7. The van der Waals surface area contributed by atoms with Gasteiger partial charge in [-0.05, 0) is 37.2 Å². The topological polar surface area (TPSA) is 95.2 Å². The van der Waals surface area contributed by atoms with Crippen LogP contribution in [-0.2, 0) is 16.3 Å². The van der Waals surface area contributed by atoms with Gasteiger partial charge in [0.2, 0.25) is 0 Å². The van der Waals surface area contributed by atoms with Gasteiger partial charge in [0.25, 0.3) is 5.91 Å². The number of carbonyl (C=O) groups is 1. The Morgan fingerprint density at radius 2 is 2.17 bits per heavy atom. The van der Waals surface area contributed by atoms with Gasteiger partial charge in [0, 0.05) is 37.6 Å². The van der Waals surface area contributed by atoms with Crippen molar-refractivity contribution in [3.63, 3.8) is 0 Å². The molecule has 1 aromatic rings. The lowest BCUT2D eigenvalue weighted by Gasteiger charge is -2.18. The largest absolute Gasteiger partial charge is 0.346 e. The van der Waals surface area contributed by atoms with Crippen LogP contribution in [0.4, 0.5) is 0 Å². The Morgan fingerprint density at radius 1 is 1.42 bits per heavy atom. The second-order valence-corrected chi connectivity index (χ2v) is 9.36. The third kappa shape index (κ3) is 4.36. The van der Waals surface area contributed by atoms with Crippen molar-refractivity contribution < 1.29 is 13.2 Å². The van der Waals surface area contributed by atoms with Gasteiger partial charge >= 0.3 is 0 Å². The molecule has 0 aromatic carbocycles. The van der Waals surface area contributed by atoms with Gasteiger partial charge in [-0.1, -0.05) is 6.92 Å². The maximum Gasteiger partial charge on any atom is 0.272 e. The van der Waals surface area contributed by atoms with Gasteiger partial charge in [0.05, 0.1) is 5.75 Å². The monoisotopic (exact) mass is 354 g/mol. The summed E-state index contributed by atoms with van der Waals surface area (Å²) in [4.78, 5) is 14.6. The zero-order chi connectivity index (χ0) is 17.3. The quantitative estimate of drug-likeness (QED) is 0.742. The minimum Gasteiger partial charge on any atom is -0.346 e. The smallest absolute Gasteiger partial charge is 0.272 e. The summed E-state index contributed by atoms with van der Waals surface area (Å²) < 4.78 is 22.8. The van der Waals surface area contributed by atoms with Crippen LogP contribution in [0.15, 0.2) is 6.07 Å². The standard InChI is InChI=1S/C16H26N4O3S/c1-3-12-8-14(19-18-12)16(21)17-15-10-20(6-7-24(2,22)23)9-13(15)11-4-5-11/h8,11,13,15H,3-7,9-10H2,1-2H3,(H,17,21)(H,18,19)/t13-,15+/m0/s1. The fourth-order valence-corrected chi connectivity index (χ4v) is 4.04. The number of likely N-dealkylation sites (tertiary alicyclic amines) is 1. The first-order valence-corrected chi connectivity index (χ1v) is 10.7. The molecular formula is C16H26N4O3S. The molecule has 1 aliphatic heterocycles. The van der Waals surface area contributed by atoms with Crippen LogP contribution in [0.3, 0.4) is 0 Å². The van der Waals surface area contributed by atoms with E-state index in [4.69, 9.17) is 0 Å². The molecule has 1 amide bonds. The van der Waals surface area contributed by atoms with Gasteiger partial charge in [0.15, 0.2) is 0 Å². The third-order valence-corrected chi connectivity index (χ3v) is 5.93. The molecule has 2 N–H and O–H groups in total. The lowest BCUT2D eigenvalue weighted by Crippen LogP contribution is -2.41. The second-order valence-electron chi connectivity index (χ2n) is 7.10. The second kappa shape index (κ2) is 6.84. The van der Waals surface area contributed by atoms with Gasteiger partial charge < -0.3 is 5.32 Å². The number of nitrogens with zero attached hydrogens (tertiary/aromatic N) is 2. The van der Waals surface area contributed by atoms with Gasteiger partial charge in [-0.15, -0.1) is 0 Å². The first kappa shape index (κ1) is 17.4. The van der Waals surface area contributed by atoms with Crippen molar-refractivity contribution >= 4 is 15.7 Å². The number of amides is 1. The number of aromatic nitrogens is 2. The highest BCUT2D eigenvalue weighted by Gasteiger charge is 2.43. The Bertz CT molecular complexity index is 696. The Hall–Kier alpha value is -1.41. The maximum atomic E-state index is 12.4. The van der Waals surface area contributed by atoms with Crippen LogP contribution in [0.2, 0.25) is 0 Å². The van der Waals surface area contributed by atoms with Crippen LogP contribution in [0, 0.1) is 11.8 Å². The number of carbonyl (C=O) groups excluding carboxylic acids is 1. The van der Waals surface area contributed by atoms with Gasteiger partial charge in [-0.25, -0.2) is 8.42 Å². The molecule has 0 spiro atoms. The fraction of sp³-hybridized carbons (Fsp3) is 0.750. The molecule has 134 valence electrons. The summed E-state index contributed by atoms with van der Waals surface area (Å²) in [6.45, 7) is 4.13. The molecule has 7 nitrogen and oxygen atoms in total. The summed E-state index contributed by atoms with van der Waals surface area (Å²) in [6, 6.07) is 1.86. The lowest BCUT2D eigenvalue weighted by atomic mass is 9.98. The molecule has 1 aromatic heterocycles. The highest BCUT2D eigenvalue weighted by atomic mass is 32.2. The van der Waals surface area contributed by atoms with E-state index in [0.717, 1.165) is 18.7 Å². The Balaban J connectivity index is 1.61. The van der Waals surface area contributed by atoms with E-state index in [9.17, 15) is 13.2 Å². The highest BCUT2D eigenvalue weighted by Crippen LogP contribution is 2.41. The molecule has 24 heavy (non-hydrogen) atoms. The molecule has 0 unspecified atom stereocenters. The minimum atomic E-state index is -2.96. The fourth-order valence-electron chi connectivity index (χ4n) is 3.45. The van der Waals surface area contributed by atoms with Crippen molar-refractivity contribution in [2.45, 2.75) is 32.2 Å². The summed E-state index contributed by atoms with van der Waals surface area (Å²) in [5.74, 6) is 1.10. The van der Waals surface area contributed by atoms with Crippen LogP contribution in [0.25, 0.3) is 0 Å². The first-order chi connectivity index (χ1) is 11.4. The first-order valence-electron chi connectivity index (χ1n) is 8.61. The maximum absolute atomic E-state index is 12.4. The number of hydrogen-bond acceptors (Lipinski definition) is 5. The van der Waals surface area contributed by atoms with E-state index < -0.39 is 9.84 Å². The van der Waals surface area contributed by atoms with Crippen LogP contribution < -0.4 is 5.32 Å². The number of aromatic amines is 1. The van der Waals surface area contributed by atoms with Crippen LogP contribution in [0.1, 0.15) is 35.9 Å². The average molecular weight is 354 g/mol. The predicted octanol–water partition coefficient (Wildman–Crippen LogP) is 0.457. The predicted molar refractivity (Wildman–Crippen MR) is 91.6 cm³/mol. The van der Waals surface area contributed by atoms with Crippen molar-refractivity contribution in [3.05, 3.63) is 17.5 Å². The summed E-state index contributed by atoms with van der Waals surface area (Å²) in [7, 11) is -2.96. The Kier molecular flexibility index (Phi) is 4.96. The third-order valence-electron chi connectivity index (χ3n) is 5.01. The Labute approximate surface area is 143 Å². The number of nitrogens with one attached hydrogen (secondary N) is 2. The lowest BCUT2D eigenvalue weighted by molar-refractivity contribution is 0.0923. The van der Waals surface area contributed by atoms with E-state index in [2.05, 4.69) is 20.4 Å². The SMILES string of the molecule is CCc1cc(C(=O)N[C@@H]2CN(CCS(C)(=O)=O)C[C@H]2C2CC2)n[nH]1. The van der Waals surface area contributed by atoms with E-state index in [1.54, 1.807) is 6.07 Å². The van der Waals surface area contributed by atoms with Crippen LogP contribution >= 0.6 is 0 Å². The number of aryl methyl sites for hydroxylation is 1. The molecule has 2 atom stereocenters. The normalized spacial score (nSPS) is 25.1. The minimum absolute atomic E-state index is 0.0753. The molecule has 2 heterocycles. The molecule has 1 saturated heterocycles. The van der Waals surface area contributed by atoms with E-state index in [-0.39, 0.29) is 17.7 Å². The van der Waals surface area contributed by atoms with Gasteiger partial charge in [0.1, 0.15) is 15.5 Å². The van der Waals surface area contributed by atoms with Crippen LogP contribution in [0.5, 0.6) is 0 Å². The average Bonchev–Trinajstić information content (AvgIpc) is 3.10. The molecule has 1 saturated carbocycles. The number of H-pyrrole nitrogens is 1. The van der Waals surface area contributed by atoms with E-state index in [0.29, 0.717) is 30.6 Å². The number of hydrogen-bond donors (Lipinski definition) is 2. The van der Waals surface area contributed by atoms with Crippen molar-refractivity contribution in [1.82, 2.24) is 20.4 Å². The van der Waals surface area contributed by atoms with Gasteiger partial charge in [-0.3, -0.25) is 14.8 Å². The zero-order valence-corrected chi connectivity index (χ0v) is 15.1. The summed E-state index contributed by atoms with van der Waals surface area (Å²) in [6.07, 6.45) is 4.50. The molecule has 8 heteroatoms. The molecule has 2 fully saturated rings. The van der Waals surface area contributed by atoms with Crippen LogP contribution in [-0.4, -0.2) is 67.1 Å². The summed E-state index contributed by atoms with van der Waals surface area (Å²) in [5.41, 5.74) is 1.37.